The van der Waals surface area contributed by atoms with Gasteiger partial charge < -0.3 is 9.88 Å². The van der Waals surface area contributed by atoms with Crippen LogP contribution >= 0.6 is 0 Å². The summed E-state index contributed by atoms with van der Waals surface area (Å²) in [5.74, 6) is 1.13. The molecule has 2 aromatic carbocycles. The third-order valence-corrected chi connectivity index (χ3v) is 3.80. The van der Waals surface area contributed by atoms with Gasteiger partial charge in [-0.15, -0.1) is 0 Å². The van der Waals surface area contributed by atoms with Gasteiger partial charge in [0.25, 0.3) is 0 Å². The maximum absolute atomic E-state index is 4.65. The Labute approximate surface area is 119 Å². The Morgan fingerprint density at radius 3 is 2.40 bits per heavy atom. The minimum Gasteiger partial charge on any atom is -0.388 e. The monoisotopic (exact) mass is 265 g/mol. The van der Waals surface area contributed by atoms with Crippen LogP contribution in [-0.4, -0.2) is 16.6 Å². The number of anilines is 1. The lowest BCUT2D eigenvalue weighted by Crippen LogP contribution is -1.94. The summed E-state index contributed by atoms with van der Waals surface area (Å²) in [6.07, 6.45) is 0.956. The zero-order chi connectivity index (χ0) is 14.1. The molecule has 0 fully saturated rings. The topological polar surface area (TPSA) is 29.9 Å². The highest BCUT2D eigenvalue weighted by molar-refractivity contribution is 5.83. The fourth-order valence-corrected chi connectivity index (χ4v) is 2.56. The van der Waals surface area contributed by atoms with E-state index in [2.05, 4.69) is 71.3 Å². The zero-order valence-electron chi connectivity index (χ0n) is 12.1. The van der Waals surface area contributed by atoms with Crippen LogP contribution in [0, 0.1) is 0 Å². The van der Waals surface area contributed by atoms with Crippen LogP contribution in [0.1, 0.15) is 12.7 Å². The van der Waals surface area contributed by atoms with Gasteiger partial charge in [0.15, 0.2) is 0 Å². The quantitative estimate of drug-likeness (QED) is 0.779. The number of benzene rings is 2. The van der Waals surface area contributed by atoms with Crippen molar-refractivity contribution in [3.63, 3.8) is 0 Å². The molecule has 0 radical (unpaired) electrons. The molecule has 3 rings (SSSR count). The van der Waals surface area contributed by atoms with Crippen LogP contribution in [-0.2, 0) is 13.5 Å². The van der Waals surface area contributed by atoms with Gasteiger partial charge in [0.2, 0.25) is 0 Å². The predicted molar refractivity (Wildman–Crippen MR) is 85.1 cm³/mol. The third-order valence-electron chi connectivity index (χ3n) is 3.80. The first-order valence-corrected chi connectivity index (χ1v) is 6.96. The lowest BCUT2D eigenvalue weighted by molar-refractivity contribution is 0.829. The highest BCUT2D eigenvalue weighted by atomic mass is 15.1. The van der Waals surface area contributed by atoms with E-state index < -0.39 is 0 Å². The van der Waals surface area contributed by atoms with Crippen molar-refractivity contribution in [2.24, 2.45) is 7.05 Å². The van der Waals surface area contributed by atoms with Gasteiger partial charge in [0.1, 0.15) is 5.82 Å². The number of nitrogens with one attached hydrogen (secondary N) is 1. The van der Waals surface area contributed by atoms with Gasteiger partial charge in [-0.3, -0.25) is 0 Å². The molecule has 0 aliphatic rings. The summed E-state index contributed by atoms with van der Waals surface area (Å²) in [6.45, 7) is 2.14. The Morgan fingerprint density at radius 2 is 1.75 bits per heavy atom. The molecular weight excluding hydrogens is 246 g/mol. The molecule has 0 amide bonds. The van der Waals surface area contributed by atoms with Crippen LogP contribution < -0.4 is 5.32 Å². The van der Waals surface area contributed by atoms with Gasteiger partial charge in [0, 0.05) is 26.2 Å². The van der Waals surface area contributed by atoms with Crippen molar-refractivity contribution < 1.29 is 0 Å². The Balaban J connectivity index is 2.09. The Morgan fingerprint density at radius 1 is 1.05 bits per heavy atom. The van der Waals surface area contributed by atoms with Gasteiger partial charge in [-0.2, -0.15) is 0 Å². The fraction of sp³-hybridized carbons (Fsp3) is 0.235. The van der Waals surface area contributed by atoms with Crippen molar-refractivity contribution in [3.05, 3.63) is 48.3 Å². The van der Waals surface area contributed by atoms with Crippen molar-refractivity contribution in [2.75, 3.05) is 12.4 Å². The van der Waals surface area contributed by atoms with Gasteiger partial charge in [-0.25, -0.2) is 4.98 Å². The number of imidazole rings is 1. The Bertz CT molecular complexity index is 739. The minimum absolute atomic E-state index is 0.956. The summed E-state index contributed by atoms with van der Waals surface area (Å²) in [5.41, 5.74) is 5.84. The van der Waals surface area contributed by atoms with Crippen LogP contribution in [0.2, 0.25) is 0 Å². The van der Waals surface area contributed by atoms with Gasteiger partial charge >= 0.3 is 0 Å². The molecule has 3 aromatic rings. The summed E-state index contributed by atoms with van der Waals surface area (Å²) in [7, 11) is 4.02. The van der Waals surface area contributed by atoms with Gasteiger partial charge in [0.05, 0.1) is 11.0 Å². The standard InChI is InChI=1S/C17H19N3/c1-4-17-19-15-10-7-13(11-16(15)20(17)3)12-5-8-14(18-2)9-6-12/h5-11,18H,4H2,1-3H3. The van der Waals surface area contributed by atoms with Crippen molar-refractivity contribution in [2.45, 2.75) is 13.3 Å². The fourth-order valence-electron chi connectivity index (χ4n) is 2.56. The molecule has 0 saturated heterocycles. The summed E-state index contributed by atoms with van der Waals surface area (Å²) >= 11 is 0. The number of aromatic nitrogens is 2. The normalized spacial score (nSPS) is 10.9. The minimum atomic E-state index is 0.956. The number of fused-ring (bicyclic) bond motifs is 1. The van der Waals surface area contributed by atoms with Crippen molar-refractivity contribution in [1.82, 2.24) is 9.55 Å². The first kappa shape index (κ1) is 12.7. The molecule has 3 nitrogen and oxygen atoms in total. The van der Waals surface area contributed by atoms with E-state index >= 15 is 0 Å². The van der Waals surface area contributed by atoms with E-state index in [4.69, 9.17) is 0 Å². The van der Waals surface area contributed by atoms with Gasteiger partial charge in [-0.05, 0) is 35.4 Å². The second kappa shape index (κ2) is 5.00. The third kappa shape index (κ3) is 2.05. The van der Waals surface area contributed by atoms with Crippen LogP contribution in [0.5, 0.6) is 0 Å². The highest BCUT2D eigenvalue weighted by Crippen LogP contribution is 2.25. The van der Waals surface area contributed by atoms with E-state index in [-0.39, 0.29) is 0 Å². The van der Waals surface area contributed by atoms with E-state index in [0.29, 0.717) is 0 Å². The summed E-state index contributed by atoms with van der Waals surface area (Å²) < 4.78 is 2.18. The first-order chi connectivity index (χ1) is 9.72. The molecule has 0 bridgehead atoms. The molecule has 20 heavy (non-hydrogen) atoms. The largest absolute Gasteiger partial charge is 0.388 e. The molecule has 0 aliphatic carbocycles. The SMILES string of the molecule is CCc1nc2ccc(-c3ccc(NC)cc3)cc2n1C. The van der Waals surface area contributed by atoms with Crippen LogP contribution in [0.25, 0.3) is 22.2 Å². The van der Waals surface area contributed by atoms with E-state index in [9.17, 15) is 0 Å². The molecule has 3 heteroatoms. The second-order valence-corrected chi connectivity index (χ2v) is 4.97. The zero-order valence-corrected chi connectivity index (χ0v) is 12.1. The Hall–Kier alpha value is -2.29. The molecule has 1 heterocycles. The second-order valence-electron chi connectivity index (χ2n) is 4.97. The molecule has 0 aliphatic heterocycles. The van der Waals surface area contributed by atoms with Crippen molar-refractivity contribution in [1.29, 1.82) is 0 Å². The molecule has 1 N–H and O–H groups in total. The average molecular weight is 265 g/mol. The van der Waals surface area contributed by atoms with E-state index in [1.54, 1.807) is 0 Å². The molecule has 0 atom stereocenters. The molecule has 0 unspecified atom stereocenters. The maximum atomic E-state index is 4.65. The van der Waals surface area contributed by atoms with Crippen LogP contribution in [0.3, 0.4) is 0 Å². The summed E-state index contributed by atoms with van der Waals surface area (Å²) in [5, 5.41) is 3.14. The van der Waals surface area contributed by atoms with E-state index in [1.807, 2.05) is 7.05 Å². The predicted octanol–water partition coefficient (Wildman–Crippen LogP) is 3.84. The Kier molecular flexibility index (Phi) is 3.18. The molecular formula is C17H19N3. The number of nitrogens with zero attached hydrogens (tertiary/aromatic N) is 2. The maximum Gasteiger partial charge on any atom is 0.109 e. The van der Waals surface area contributed by atoms with Crippen molar-refractivity contribution >= 4 is 16.7 Å². The van der Waals surface area contributed by atoms with Gasteiger partial charge in [-0.1, -0.05) is 25.1 Å². The first-order valence-electron chi connectivity index (χ1n) is 6.96. The lowest BCUT2D eigenvalue weighted by Gasteiger charge is -2.05. The molecule has 1 aromatic heterocycles. The summed E-state index contributed by atoms with van der Waals surface area (Å²) in [4.78, 5) is 4.65. The average Bonchev–Trinajstić information content (AvgIpc) is 2.83. The van der Waals surface area contributed by atoms with Crippen LogP contribution in [0.4, 0.5) is 5.69 Å². The summed E-state index contributed by atoms with van der Waals surface area (Å²) in [6, 6.07) is 14.9. The van der Waals surface area contributed by atoms with Crippen molar-refractivity contribution in [3.8, 4) is 11.1 Å². The van der Waals surface area contributed by atoms with Crippen LogP contribution in [0.15, 0.2) is 42.5 Å². The molecule has 0 saturated carbocycles. The highest BCUT2D eigenvalue weighted by Gasteiger charge is 2.07. The van der Waals surface area contributed by atoms with E-state index in [1.165, 1.54) is 16.6 Å². The van der Waals surface area contributed by atoms with E-state index in [0.717, 1.165) is 23.4 Å². The number of hydrogen-bond donors (Lipinski definition) is 1. The molecule has 102 valence electrons. The smallest absolute Gasteiger partial charge is 0.109 e. The molecule has 0 spiro atoms. The number of aryl methyl sites for hydroxylation is 2. The number of rotatable bonds is 3. The lowest BCUT2D eigenvalue weighted by atomic mass is 10.0. The number of hydrogen-bond acceptors (Lipinski definition) is 2.